The third-order valence-corrected chi connectivity index (χ3v) is 2.51. The van der Waals surface area contributed by atoms with Gasteiger partial charge in [0.05, 0.1) is 13.0 Å². The summed E-state index contributed by atoms with van der Waals surface area (Å²) < 4.78 is 4.84. The van der Waals surface area contributed by atoms with E-state index in [0.717, 1.165) is 17.4 Å². The molecule has 0 aliphatic carbocycles. The van der Waals surface area contributed by atoms with E-state index < -0.39 is 0 Å². The van der Waals surface area contributed by atoms with Crippen molar-refractivity contribution in [2.75, 3.05) is 6.61 Å². The van der Waals surface area contributed by atoms with E-state index in [1.165, 1.54) is 0 Å². The highest BCUT2D eigenvalue weighted by atomic mass is 35.5. The summed E-state index contributed by atoms with van der Waals surface area (Å²) in [5.74, 6) is -0.315. The van der Waals surface area contributed by atoms with Crippen LogP contribution in [0, 0.1) is 6.92 Å². The van der Waals surface area contributed by atoms with Gasteiger partial charge in [-0.2, -0.15) is 0 Å². The molecule has 0 N–H and O–H groups in total. The maximum atomic E-state index is 11.3. The molecule has 0 saturated heterocycles. The number of carbonyl (C=O) groups excluding carboxylic acids is 2. The second-order valence-electron chi connectivity index (χ2n) is 3.38. The van der Waals surface area contributed by atoms with E-state index in [1.807, 2.05) is 0 Å². The summed E-state index contributed by atoms with van der Waals surface area (Å²) in [7, 11) is 0. The van der Waals surface area contributed by atoms with Crippen molar-refractivity contribution in [3.8, 4) is 0 Å². The van der Waals surface area contributed by atoms with Crippen molar-refractivity contribution in [2.24, 2.45) is 0 Å². The Hall–Kier alpha value is -1.35. The molecule has 4 heteroatoms. The van der Waals surface area contributed by atoms with Crippen LogP contribution in [-0.4, -0.2) is 18.9 Å². The lowest BCUT2D eigenvalue weighted by Crippen LogP contribution is -2.09. The number of rotatable bonds is 4. The average Bonchev–Trinajstić information content (AvgIpc) is 2.23. The van der Waals surface area contributed by atoms with Gasteiger partial charge in [0, 0.05) is 10.6 Å². The molecule has 0 aliphatic rings. The van der Waals surface area contributed by atoms with Crippen molar-refractivity contribution in [2.45, 2.75) is 20.3 Å². The molecule has 0 aromatic heterocycles. The van der Waals surface area contributed by atoms with Gasteiger partial charge in [0.15, 0.2) is 0 Å². The molecule has 3 nitrogen and oxygen atoms in total. The minimum atomic E-state index is -0.315. The van der Waals surface area contributed by atoms with Gasteiger partial charge in [0.25, 0.3) is 0 Å². The molecule has 0 atom stereocenters. The Balaban J connectivity index is 2.99. The highest BCUT2D eigenvalue weighted by Gasteiger charge is 2.10. The van der Waals surface area contributed by atoms with Crippen LogP contribution in [0.15, 0.2) is 12.1 Å². The van der Waals surface area contributed by atoms with Crippen LogP contribution in [-0.2, 0) is 16.0 Å². The van der Waals surface area contributed by atoms with Gasteiger partial charge in [-0.15, -0.1) is 0 Å². The van der Waals surface area contributed by atoms with Crippen molar-refractivity contribution in [1.29, 1.82) is 0 Å². The standard InChI is InChI=1S/C12H13ClO3/c1-3-16-12(15)6-9-4-11(13)5-10(7-14)8(9)2/h4-5,7H,3,6H2,1-2H3. The normalized spacial score (nSPS) is 9.94. The van der Waals surface area contributed by atoms with Gasteiger partial charge < -0.3 is 4.74 Å². The van der Waals surface area contributed by atoms with Gasteiger partial charge in [-0.3, -0.25) is 9.59 Å². The summed E-state index contributed by atoms with van der Waals surface area (Å²) >= 11 is 5.85. The molecule has 1 aromatic carbocycles. The SMILES string of the molecule is CCOC(=O)Cc1cc(Cl)cc(C=O)c1C. The molecule has 0 bridgehead atoms. The first-order valence-corrected chi connectivity index (χ1v) is 5.36. The molecular weight excluding hydrogens is 228 g/mol. The average molecular weight is 241 g/mol. The number of benzene rings is 1. The Morgan fingerprint density at radius 2 is 2.19 bits per heavy atom. The molecule has 1 aromatic rings. The fourth-order valence-electron chi connectivity index (χ4n) is 1.43. The first-order chi connectivity index (χ1) is 7.58. The van der Waals surface area contributed by atoms with Crippen molar-refractivity contribution in [3.63, 3.8) is 0 Å². The highest BCUT2D eigenvalue weighted by Crippen LogP contribution is 2.20. The molecular formula is C12H13ClO3. The third kappa shape index (κ3) is 3.07. The number of hydrogen-bond acceptors (Lipinski definition) is 3. The van der Waals surface area contributed by atoms with Crippen LogP contribution in [0.1, 0.15) is 28.4 Å². The van der Waals surface area contributed by atoms with Crippen LogP contribution in [0.2, 0.25) is 5.02 Å². The van der Waals surface area contributed by atoms with E-state index >= 15 is 0 Å². The predicted molar refractivity (Wildman–Crippen MR) is 61.9 cm³/mol. The molecule has 0 saturated carbocycles. The Kier molecular flexibility index (Phi) is 4.50. The molecule has 0 unspecified atom stereocenters. The quantitative estimate of drug-likeness (QED) is 0.600. The van der Waals surface area contributed by atoms with E-state index in [1.54, 1.807) is 26.0 Å². The lowest BCUT2D eigenvalue weighted by atomic mass is 10.0. The molecule has 0 radical (unpaired) electrons. The van der Waals surface area contributed by atoms with Gasteiger partial charge in [-0.1, -0.05) is 11.6 Å². The molecule has 16 heavy (non-hydrogen) atoms. The van der Waals surface area contributed by atoms with Crippen LogP contribution in [0.25, 0.3) is 0 Å². The summed E-state index contributed by atoms with van der Waals surface area (Å²) in [5.41, 5.74) is 2.01. The lowest BCUT2D eigenvalue weighted by Gasteiger charge is -2.08. The minimum absolute atomic E-state index is 0.140. The maximum absolute atomic E-state index is 11.3. The van der Waals surface area contributed by atoms with Gasteiger partial charge >= 0.3 is 5.97 Å². The Morgan fingerprint density at radius 3 is 2.75 bits per heavy atom. The smallest absolute Gasteiger partial charge is 0.310 e. The fourth-order valence-corrected chi connectivity index (χ4v) is 1.68. The van der Waals surface area contributed by atoms with Crippen LogP contribution >= 0.6 is 11.6 Å². The van der Waals surface area contributed by atoms with Crippen molar-refractivity contribution < 1.29 is 14.3 Å². The number of carbonyl (C=O) groups is 2. The van der Waals surface area contributed by atoms with Crippen LogP contribution < -0.4 is 0 Å². The molecule has 0 amide bonds. The van der Waals surface area contributed by atoms with Crippen molar-refractivity contribution >= 4 is 23.9 Å². The first kappa shape index (κ1) is 12.7. The van der Waals surface area contributed by atoms with Gasteiger partial charge in [0.1, 0.15) is 6.29 Å². The van der Waals surface area contributed by atoms with E-state index in [0.29, 0.717) is 17.2 Å². The minimum Gasteiger partial charge on any atom is -0.466 e. The maximum Gasteiger partial charge on any atom is 0.310 e. The summed E-state index contributed by atoms with van der Waals surface area (Å²) in [6.07, 6.45) is 0.872. The van der Waals surface area contributed by atoms with Crippen molar-refractivity contribution in [1.82, 2.24) is 0 Å². The summed E-state index contributed by atoms with van der Waals surface area (Å²) in [5, 5.41) is 0.451. The second kappa shape index (κ2) is 5.66. The molecule has 86 valence electrons. The van der Waals surface area contributed by atoms with Gasteiger partial charge in [-0.25, -0.2) is 0 Å². The van der Waals surface area contributed by atoms with Crippen molar-refractivity contribution in [3.05, 3.63) is 33.8 Å². The highest BCUT2D eigenvalue weighted by molar-refractivity contribution is 6.31. The molecule has 0 fully saturated rings. The first-order valence-electron chi connectivity index (χ1n) is 4.98. The zero-order valence-corrected chi connectivity index (χ0v) is 10.0. The number of hydrogen-bond donors (Lipinski definition) is 0. The number of esters is 1. The van der Waals surface area contributed by atoms with Crippen LogP contribution in [0.5, 0.6) is 0 Å². The second-order valence-corrected chi connectivity index (χ2v) is 3.82. The van der Waals surface area contributed by atoms with Crippen LogP contribution in [0.4, 0.5) is 0 Å². The summed E-state index contributed by atoms with van der Waals surface area (Å²) in [4.78, 5) is 22.1. The monoisotopic (exact) mass is 240 g/mol. The number of halogens is 1. The lowest BCUT2D eigenvalue weighted by molar-refractivity contribution is -0.142. The zero-order chi connectivity index (χ0) is 12.1. The zero-order valence-electron chi connectivity index (χ0n) is 9.25. The third-order valence-electron chi connectivity index (χ3n) is 2.29. The number of aldehydes is 1. The van der Waals surface area contributed by atoms with E-state index in [9.17, 15) is 9.59 Å². The topological polar surface area (TPSA) is 43.4 Å². The van der Waals surface area contributed by atoms with Gasteiger partial charge in [0.2, 0.25) is 0 Å². The summed E-state index contributed by atoms with van der Waals surface area (Å²) in [6, 6.07) is 3.26. The Morgan fingerprint density at radius 1 is 1.50 bits per heavy atom. The van der Waals surface area contributed by atoms with E-state index in [4.69, 9.17) is 16.3 Å². The van der Waals surface area contributed by atoms with Gasteiger partial charge in [-0.05, 0) is 37.1 Å². The predicted octanol–water partition coefficient (Wildman–Crippen LogP) is 2.57. The Bertz CT molecular complexity index is 413. The van der Waals surface area contributed by atoms with E-state index in [2.05, 4.69) is 0 Å². The number of ether oxygens (including phenoxy) is 1. The molecule has 0 heterocycles. The van der Waals surface area contributed by atoms with E-state index in [-0.39, 0.29) is 12.4 Å². The summed E-state index contributed by atoms with van der Waals surface area (Å²) in [6.45, 7) is 3.88. The fraction of sp³-hybridized carbons (Fsp3) is 0.333. The molecule has 0 aliphatic heterocycles. The molecule has 0 spiro atoms. The largest absolute Gasteiger partial charge is 0.466 e. The Labute approximate surface area is 99.4 Å². The molecule has 1 rings (SSSR count). The van der Waals surface area contributed by atoms with Crippen LogP contribution in [0.3, 0.4) is 0 Å².